The number of hydrogen-bond acceptors (Lipinski definition) is 3. The molecular formula is C13H12BrFN2O. The van der Waals surface area contributed by atoms with Crippen LogP contribution in [0.3, 0.4) is 0 Å². The molecule has 0 aliphatic carbocycles. The zero-order valence-electron chi connectivity index (χ0n) is 9.78. The van der Waals surface area contributed by atoms with Crippen LogP contribution < -0.4 is 10.1 Å². The van der Waals surface area contributed by atoms with Gasteiger partial charge >= 0.3 is 0 Å². The van der Waals surface area contributed by atoms with Crippen molar-refractivity contribution in [1.29, 1.82) is 0 Å². The lowest BCUT2D eigenvalue weighted by Gasteiger charge is -2.07. The third kappa shape index (κ3) is 3.20. The molecule has 0 saturated heterocycles. The quantitative estimate of drug-likeness (QED) is 0.937. The van der Waals surface area contributed by atoms with Gasteiger partial charge < -0.3 is 10.1 Å². The van der Waals surface area contributed by atoms with Crippen molar-refractivity contribution in [2.45, 2.75) is 6.61 Å². The van der Waals surface area contributed by atoms with Crippen molar-refractivity contribution in [3.63, 3.8) is 0 Å². The number of pyridine rings is 1. The third-order valence-corrected chi connectivity index (χ3v) is 2.99. The Morgan fingerprint density at radius 3 is 2.89 bits per heavy atom. The van der Waals surface area contributed by atoms with Crippen molar-refractivity contribution >= 4 is 21.6 Å². The predicted molar refractivity (Wildman–Crippen MR) is 72.2 cm³/mol. The molecule has 0 aliphatic heterocycles. The van der Waals surface area contributed by atoms with Crippen LogP contribution in [0.5, 0.6) is 5.75 Å². The summed E-state index contributed by atoms with van der Waals surface area (Å²) in [5.41, 5.74) is 1.78. The Labute approximate surface area is 113 Å². The second kappa shape index (κ2) is 5.82. The lowest BCUT2D eigenvalue weighted by Crippen LogP contribution is -1.99. The highest BCUT2D eigenvalue weighted by atomic mass is 79.9. The molecule has 0 unspecified atom stereocenters. The van der Waals surface area contributed by atoms with Gasteiger partial charge in [0.25, 0.3) is 0 Å². The van der Waals surface area contributed by atoms with Crippen LogP contribution in [0.4, 0.5) is 10.1 Å². The molecule has 0 amide bonds. The second-order valence-corrected chi connectivity index (χ2v) is 4.50. The number of rotatable bonds is 4. The van der Waals surface area contributed by atoms with E-state index < -0.39 is 0 Å². The molecule has 2 rings (SSSR count). The maximum atomic E-state index is 13.0. The minimum Gasteiger partial charge on any atom is -0.487 e. The molecule has 5 heteroatoms. The van der Waals surface area contributed by atoms with Crippen LogP contribution >= 0.6 is 15.9 Å². The number of hydrogen-bond donors (Lipinski definition) is 1. The maximum Gasteiger partial charge on any atom is 0.137 e. The predicted octanol–water partition coefficient (Wildman–Crippen LogP) is 3.60. The van der Waals surface area contributed by atoms with Gasteiger partial charge in [0.1, 0.15) is 18.2 Å². The van der Waals surface area contributed by atoms with Crippen molar-refractivity contribution in [2.75, 3.05) is 12.4 Å². The first-order valence-corrected chi connectivity index (χ1v) is 6.19. The highest BCUT2D eigenvalue weighted by Crippen LogP contribution is 2.22. The highest BCUT2D eigenvalue weighted by Gasteiger charge is 2.02. The molecule has 0 spiro atoms. The van der Waals surface area contributed by atoms with Crippen LogP contribution in [0.15, 0.2) is 41.0 Å². The Bertz CT molecular complexity index is 548. The first-order chi connectivity index (χ1) is 8.69. The van der Waals surface area contributed by atoms with Gasteiger partial charge in [0.15, 0.2) is 0 Å². The topological polar surface area (TPSA) is 34.2 Å². The van der Waals surface area contributed by atoms with Gasteiger partial charge in [0.2, 0.25) is 0 Å². The van der Waals surface area contributed by atoms with E-state index in [0.717, 1.165) is 11.4 Å². The van der Waals surface area contributed by atoms with Gasteiger partial charge in [-0.05, 0) is 46.3 Å². The van der Waals surface area contributed by atoms with E-state index in [1.54, 1.807) is 18.3 Å². The minimum absolute atomic E-state index is 0.308. The lowest BCUT2D eigenvalue weighted by atomic mass is 10.3. The number of nitrogens with one attached hydrogen (secondary N) is 1. The molecule has 0 atom stereocenters. The molecule has 94 valence electrons. The fraction of sp³-hybridized carbons (Fsp3) is 0.154. The van der Waals surface area contributed by atoms with E-state index in [2.05, 4.69) is 26.2 Å². The summed E-state index contributed by atoms with van der Waals surface area (Å²) < 4.78 is 19.0. The Kier molecular flexibility index (Phi) is 4.15. The van der Waals surface area contributed by atoms with E-state index in [4.69, 9.17) is 4.74 Å². The van der Waals surface area contributed by atoms with Crippen molar-refractivity contribution in [3.8, 4) is 5.75 Å². The number of ether oxygens (including phenoxy) is 1. The van der Waals surface area contributed by atoms with Gasteiger partial charge in [-0.25, -0.2) is 4.39 Å². The molecule has 1 aromatic carbocycles. The largest absolute Gasteiger partial charge is 0.487 e. The molecule has 3 nitrogen and oxygen atoms in total. The summed E-state index contributed by atoms with van der Waals surface area (Å²) in [4.78, 5) is 4.19. The number of nitrogens with zero attached hydrogens (tertiary/aromatic N) is 1. The molecule has 0 radical (unpaired) electrons. The standard InChI is InChI=1S/C13H12BrFN2O/c1-16-9-4-5-17-10(6-9)8-18-11-2-3-13(15)12(14)7-11/h2-7H,8H2,1H3,(H,16,17). The van der Waals surface area contributed by atoms with Crippen LogP contribution in [0.25, 0.3) is 0 Å². The Balaban J connectivity index is 2.04. The molecular weight excluding hydrogens is 299 g/mol. The van der Waals surface area contributed by atoms with Crippen LogP contribution in [0.2, 0.25) is 0 Å². The second-order valence-electron chi connectivity index (χ2n) is 3.65. The zero-order chi connectivity index (χ0) is 13.0. The Hall–Kier alpha value is -1.62. The molecule has 1 aromatic heterocycles. The third-order valence-electron chi connectivity index (χ3n) is 2.38. The summed E-state index contributed by atoms with van der Waals surface area (Å²) in [6, 6.07) is 8.31. The number of aromatic nitrogens is 1. The summed E-state index contributed by atoms with van der Waals surface area (Å²) in [6.07, 6.45) is 1.71. The van der Waals surface area contributed by atoms with E-state index in [1.165, 1.54) is 6.07 Å². The SMILES string of the molecule is CNc1ccnc(COc2ccc(F)c(Br)c2)c1. The number of anilines is 1. The maximum absolute atomic E-state index is 13.0. The summed E-state index contributed by atoms with van der Waals surface area (Å²) in [7, 11) is 1.84. The molecule has 2 aromatic rings. The van der Waals surface area contributed by atoms with Gasteiger partial charge in [-0.3, -0.25) is 4.98 Å². The summed E-state index contributed by atoms with van der Waals surface area (Å²) in [6.45, 7) is 0.341. The summed E-state index contributed by atoms with van der Waals surface area (Å²) >= 11 is 3.11. The van der Waals surface area contributed by atoms with Gasteiger partial charge in [0.05, 0.1) is 10.2 Å². The van der Waals surface area contributed by atoms with Crippen LogP contribution in [0, 0.1) is 5.82 Å². The van der Waals surface area contributed by atoms with Crippen molar-refractivity contribution in [2.24, 2.45) is 0 Å². The molecule has 0 saturated carbocycles. The molecule has 18 heavy (non-hydrogen) atoms. The van der Waals surface area contributed by atoms with Crippen molar-refractivity contribution in [1.82, 2.24) is 4.98 Å². The fourth-order valence-corrected chi connectivity index (χ4v) is 1.79. The van der Waals surface area contributed by atoms with Gasteiger partial charge in [0, 0.05) is 18.9 Å². The van der Waals surface area contributed by atoms with E-state index >= 15 is 0 Å². The molecule has 0 aliphatic rings. The van der Waals surface area contributed by atoms with Crippen LogP contribution in [0.1, 0.15) is 5.69 Å². The van der Waals surface area contributed by atoms with E-state index in [0.29, 0.717) is 16.8 Å². The van der Waals surface area contributed by atoms with Gasteiger partial charge in [-0.2, -0.15) is 0 Å². The smallest absolute Gasteiger partial charge is 0.137 e. The fourth-order valence-electron chi connectivity index (χ4n) is 1.44. The first-order valence-electron chi connectivity index (χ1n) is 5.39. The monoisotopic (exact) mass is 310 g/mol. The summed E-state index contributed by atoms with van der Waals surface area (Å²) in [5.74, 6) is 0.289. The van der Waals surface area contributed by atoms with Gasteiger partial charge in [-0.1, -0.05) is 0 Å². The van der Waals surface area contributed by atoms with Crippen LogP contribution in [-0.2, 0) is 6.61 Å². The molecule has 0 bridgehead atoms. The van der Waals surface area contributed by atoms with E-state index in [1.807, 2.05) is 19.2 Å². The number of halogens is 2. The summed E-state index contributed by atoms with van der Waals surface area (Å²) in [5, 5.41) is 3.03. The van der Waals surface area contributed by atoms with Crippen LogP contribution in [-0.4, -0.2) is 12.0 Å². The van der Waals surface area contributed by atoms with E-state index in [-0.39, 0.29) is 5.82 Å². The molecule has 1 heterocycles. The first kappa shape index (κ1) is 12.8. The van der Waals surface area contributed by atoms with Crippen molar-refractivity contribution < 1.29 is 9.13 Å². The molecule has 0 fully saturated rings. The molecule has 1 N–H and O–H groups in total. The number of benzene rings is 1. The minimum atomic E-state index is -0.308. The van der Waals surface area contributed by atoms with Crippen molar-refractivity contribution in [3.05, 3.63) is 52.5 Å². The van der Waals surface area contributed by atoms with Gasteiger partial charge in [-0.15, -0.1) is 0 Å². The Morgan fingerprint density at radius 2 is 2.17 bits per heavy atom. The average molecular weight is 311 g/mol. The average Bonchev–Trinajstić information content (AvgIpc) is 2.40. The Morgan fingerprint density at radius 1 is 1.33 bits per heavy atom. The van der Waals surface area contributed by atoms with E-state index in [9.17, 15) is 4.39 Å². The zero-order valence-corrected chi connectivity index (χ0v) is 11.4. The highest BCUT2D eigenvalue weighted by molar-refractivity contribution is 9.10. The lowest BCUT2D eigenvalue weighted by molar-refractivity contribution is 0.300. The normalized spacial score (nSPS) is 10.2.